The number of aromatic nitrogens is 3. The maximum absolute atomic E-state index is 12.6. The van der Waals surface area contributed by atoms with Crippen LogP contribution in [0.15, 0.2) is 84.0 Å². The van der Waals surface area contributed by atoms with Gasteiger partial charge in [0.05, 0.1) is 11.4 Å². The molecule has 0 atom stereocenters. The number of para-hydroxylation sites is 2. The van der Waals surface area contributed by atoms with Crippen molar-refractivity contribution in [2.75, 3.05) is 11.1 Å². The highest BCUT2D eigenvalue weighted by Crippen LogP contribution is 2.29. The molecule has 0 spiro atoms. The molecule has 1 aromatic heterocycles. The summed E-state index contributed by atoms with van der Waals surface area (Å²) in [5.74, 6) is 0.416. The van der Waals surface area contributed by atoms with Gasteiger partial charge in [0.1, 0.15) is 0 Å². The summed E-state index contributed by atoms with van der Waals surface area (Å²) in [5.41, 5.74) is 2.71. The highest BCUT2D eigenvalue weighted by atomic mass is 35.5. The van der Waals surface area contributed by atoms with Crippen molar-refractivity contribution in [3.63, 3.8) is 0 Å². The average molecular weight is 463 g/mol. The second kappa shape index (κ2) is 9.80. The molecule has 8 heteroatoms. The number of halogens is 1. The average Bonchev–Trinajstić information content (AvgIpc) is 3.23. The normalized spacial score (nSPS) is 10.7. The maximum atomic E-state index is 12.6. The Morgan fingerprint density at radius 1 is 0.938 bits per heavy atom. The largest absolute Gasteiger partial charge is 0.325 e. The van der Waals surface area contributed by atoms with Gasteiger partial charge in [-0.3, -0.25) is 14.2 Å². The standard InChI is InChI=1S/C24H19ClN4O2S/c1-16(30)20-9-5-6-10-21(20)26-22(31)15-32-24-28-27-23(17-11-13-18(25)14-12-17)29(24)19-7-3-2-4-8-19/h2-14H,15H2,1H3,(H,26,31). The topological polar surface area (TPSA) is 76.9 Å². The first kappa shape index (κ1) is 21.8. The zero-order valence-electron chi connectivity index (χ0n) is 17.2. The van der Waals surface area contributed by atoms with E-state index in [1.807, 2.05) is 47.0 Å². The Labute approximate surface area is 194 Å². The molecule has 0 unspecified atom stereocenters. The van der Waals surface area contributed by atoms with Crippen LogP contribution in [0.4, 0.5) is 5.69 Å². The Balaban J connectivity index is 1.58. The monoisotopic (exact) mass is 462 g/mol. The van der Waals surface area contributed by atoms with Crippen LogP contribution < -0.4 is 5.32 Å². The van der Waals surface area contributed by atoms with Gasteiger partial charge < -0.3 is 5.32 Å². The summed E-state index contributed by atoms with van der Waals surface area (Å²) in [6, 6.07) is 24.0. The number of anilines is 1. The zero-order chi connectivity index (χ0) is 22.5. The highest BCUT2D eigenvalue weighted by Gasteiger charge is 2.18. The van der Waals surface area contributed by atoms with Crippen LogP contribution in [0.5, 0.6) is 0 Å². The first-order valence-electron chi connectivity index (χ1n) is 9.82. The van der Waals surface area contributed by atoms with E-state index in [1.165, 1.54) is 18.7 Å². The third-order valence-corrected chi connectivity index (χ3v) is 5.84. The molecule has 0 aliphatic carbocycles. The number of benzene rings is 3. The molecule has 1 amide bonds. The fourth-order valence-corrected chi connectivity index (χ4v) is 4.05. The van der Waals surface area contributed by atoms with E-state index in [1.54, 1.807) is 36.4 Å². The number of amides is 1. The summed E-state index contributed by atoms with van der Waals surface area (Å²) in [7, 11) is 0. The number of thioether (sulfide) groups is 1. The first-order chi connectivity index (χ1) is 15.5. The molecule has 0 fully saturated rings. The van der Waals surface area contributed by atoms with Crippen LogP contribution in [0.1, 0.15) is 17.3 Å². The molecule has 4 rings (SSSR count). The van der Waals surface area contributed by atoms with Crippen LogP contribution in [0.2, 0.25) is 5.02 Å². The van der Waals surface area contributed by atoms with Gasteiger partial charge in [0, 0.05) is 21.8 Å². The third kappa shape index (κ3) is 4.90. The Bertz CT molecular complexity index is 1260. The summed E-state index contributed by atoms with van der Waals surface area (Å²) in [5, 5.41) is 12.7. The Kier molecular flexibility index (Phi) is 6.68. The fourth-order valence-electron chi connectivity index (χ4n) is 3.17. The molecule has 160 valence electrons. The lowest BCUT2D eigenvalue weighted by Crippen LogP contribution is -2.16. The van der Waals surface area contributed by atoms with Crippen LogP contribution in [-0.4, -0.2) is 32.2 Å². The molecular formula is C24H19ClN4O2S. The second-order valence-electron chi connectivity index (χ2n) is 6.92. The molecule has 0 radical (unpaired) electrons. The maximum Gasteiger partial charge on any atom is 0.234 e. The summed E-state index contributed by atoms with van der Waals surface area (Å²) in [6.07, 6.45) is 0. The number of hydrogen-bond donors (Lipinski definition) is 1. The fraction of sp³-hybridized carbons (Fsp3) is 0.0833. The molecule has 0 saturated heterocycles. The van der Waals surface area contributed by atoms with Gasteiger partial charge in [0.15, 0.2) is 16.8 Å². The van der Waals surface area contributed by atoms with E-state index in [-0.39, 0.29) is 17.4 Å². The zero-order valence-corrected chi connectivity index (χ0v) is 18.7. The van der Waals surface area contributed by atoms with Crippen LogP contribution in [-0.2, 0) is 4.79 Å². The molecular weight excluding hydrogens is 444 g/mol. The number of rotatable bonds is 7. The van der Waals surface area contributed by atoms with Crippen LogP contribution in [0, 0.1) is 0 Å². The van der Waals surface area contributed by atoms with Crippen molar-refractivity contribution in [1.29, 1.82) is 0 Å². The van der Waals surface area contributed by atoms with E-state index in [0.717, 1.165) is 11.3 Å². The lowest BCUT2D eigenvalue weighted by Gasteiger charge is -2.11. The second-order valence-corrected chi connectivity index (χ2v) is 8.30. The van der Waals surface area contributed by atoms with Crippen molar-refractivity contribution >= 4 is 40.7 Å². The van der Waals surface area contributed by atoms with Gasteiger partial charge in [0.25, 0.3) is 0 Å². The number of carbonyl (C=O) groups excluding carboxylic acids is 2. The molecule has 4 aromatic rings. The van der Waals surface area contributed by atoms with Gasteiger partial charge in [-0.15, -0.1) is 10.2 Å². The number of hydrogen-bond acceptors (Lipinski definition) is 5. The minimum absolute atomic E-state index is 0.106. The van der Waals surface area contributed by atoms with Gasteiger partial charge in [0.2, 0.25) is 5.91 Å². The predicted octanol–water partition coefficient (Wildman–Crippen LogP) is 5.52. The molecule has 0 aliphatic heterocycles. The van der Waals surface area contributed by atoms with Gasteiger partial charge >= 0.3 is 0 Å². The van der Waals surface area contributed by atoms with E-state index in [0.29, 0.717) is 27.3 Å². The van der Waals surface area contributed by atoms with Crippen molar-refractivity contribution in [3.8, 4) is 17.1 Å². The molecule has 32 heavy (non-hydrogen) atoms. The van der Waals surface area contributed by atoms with E-state index in [9.17, 15) is 9.59 Å². The third-order valence-electron chi connectivity index (χ3n) is 4.66. The summed E-state index contributed by atoms with van der Waals surface area (Å²) in [4.78, 5) is 24.4. The van der Waals surface area contributed by atoms with Crippen molar-refractivity contribution < 1.29 is 9.59 Å². The minimum Gasteiger partial charge on any atom is -0.325 e. The Morgan fingerprint density at radius 2 is 1.62 bits per heavy atom. The van der Waals surface area contributed by atoms with E-state index in [2.05, 4.69) is 15.5 Å². The van der Waals surface area contributed by atoms with Crippen LogP contribution in [0.3, 0.4) is 0 Å². The first-order valence-corrected chi connectivity index (χ1v) is 11.2. The number of ketones is 1. The minimum atomic E-state index is -0.237. The SMILES string of the molecule is CC(=O)c1ccccc1NC(=O)CSc1nnc(-c2ccc(Cl)cc2)n1-c1ccccc1. The summed E-state index contributed by atoms with van der Waals surface area (Å²) < 4.78 is 1.91. The lowest BCUT2D eigenvalue weighted by atomic mass is 10.1. The predicted molar refractivity (Wildman–Crippen MR) is 128 cm³/mol. The highest BCUT2D eigenvalue weighted by molar-refractivity contribution is 7.99. The van der Waals surface area contributed by atoms with Crippen LogP contribution >= 0.6 is 23.4 Å². The van der Waals surface area contributed by atoms with Gasteiger partial charge in [-0.25, -0.2) is 0 Å². The van der Waals surface area contributed by atoms with Crippen LogP contribution in [0.25, 0.3) is 17.1 Å². The van der Waals surface area contributed by atoms with Crippen molar-refractivity contribution in [1.82, 2.24) is 14.8 Å². The molecule has 0 aliphatic rings. The quantitative estimate of drug-likeness (QED) is 0.289. The van der Waals surface area contributed by atoms with Gasteiger partial charge in [-0.2, -0.15) is 0 Å². The lowest BCUT2D eigenvalue weighted by molar-refractivity contribution is -0.113. The summed E-state index contributed by atoms with van der Waals surface area (Å²) >= 11 is 7.30. The summed E-state index contributed by atoms with van der Waals surface area (Å²) in [6.45, 7) is 1.47. The van der Waals surface area contributed by atoms with E-state index < -0.39 is 0 Å². The molecule has 0 bridgehead atoms. The smallest absolute Gasteiger partial charge is 0.234 e. The molecule has 3 aromatic carbocycles. The van der Waals surface area contributed by atoms with E-state index >= 15 is 0 Å². The van der Waals surface area contributed by atoms with Gasteiger partial charge in [-0.05, 0) is 55.5 Å². The van der Waals surface area contributed by atoms with Crippen molar-refractivity contribution in [2.45, 2.75) is 12.1 Å². The van der Waals surface area contributed by atoms with Gasteiger partial charge in [-0.1, -0.05) is 53.7 Å². The Hall–Kier alpha value is -3.42. The number of nitrogens with zero attached hydrogens (tertiary/aromatic N) is 3. The Morgan fingerprint density at radius 3 is 2.34 bits per heavy atom. The molecule has 1 N–H and O–H groups in total. The number of carbonyl (C=O) groups is 2. The molecule has 0 saturated carbocycles. The number of Topliss-reactive ketones (excluding diaryl/α,β-unsaturated/α-hetero) is 1. The molecule has 1 heterocycles. The van der Waals surface area contributed by atoms with Crippen molar-refractivity contribution in [3.05, 3.63) is 89.4 Å². The van der Waals surface area contributed by atoms with E-state index in [4.69, 9.17) is 11.6 Å². The molecule has 6 nitrogen and oxygen atoms in total. The van der Waals surface area contributed by atoms with Crippen molar-refractivity contribution in [2.24, 2.45) is 0 Å². The number of nitrogens with one attached hydrogen (secondary N) is 1.